The molecule has 5 heteroatoms. The molecule has 1 heterocycles. The summed E-state index contributed by atoms with van der Waals surface area (Å²) in [6.45, 7) is 3.18. The lowest BCUT2D eigenvalue weighted by Gasteiger charge is -2.13. The Bertz CT molecular complexity index is 322. The first-order chi connectivity index (χ1) is 7.11. The molecule has 0 saturated heterocycles. The van der Waals surface area contributed by atoms with Crippen molar-refractivity contribution < 1.29 is 9.53 Å². The van der Waals surface area contributed by atoms with Crippen LogP contribution in [0.2, 0.25) is 0 Å². The quantitative estimate of drug-likeness (QED) is 0.662. The third-order valence-electron chi connectivity index (χ3n) is 1.91. The lowest BCUT2D eigenvalue weighted by molar-refractivity contribution is -0.144. The standard InChI is InChI=1S/C10H17N3O2/c1-4-15-10(14)8-12(2)7-9-5-6-13(3)11-9/h5-6H,4,7-8H2,1-3H3. The van der Waals surface area contributed by atoms with Gasteiger partial charge in [-0.15, -0.1) is 0 Å². The van der Waals surface area contributed by atoms with Crippen LogP contribution in [0.15, 0.2) is 12.3 Å². The lowest BCUT2D eigenvalue weighted by Crippen LogP contribution is -2.27. The molecule has 0 fully saturated rings. The molecular formula is C10H17N3O2. The number of aryl methyl sites for hydroxylation is 1. The maximum atomic E-state index is 11.2. The summed E-state index contributed by atoms with van der Waals surface area (Å²) in [6.07, 6.45) is 1.88. The van der Waals surface area contributed by atoms with E-state index < -0.39 is 0 Å². The predicted molar refractivity (Wildman–Crippen MR) is 56.2 cm³/mol. The number of likely N-dealkylation sites (N-methyl/N-ethyl adjacent to an activating group) is 1. The van der Waals surface area contributed by atoms with E-state index in [-0.39, 0.29) is 5.97 Å². The Hall–Kier alpha value is -1.36. The maximum absolute atomic E-state index is 11.2. The molecular weight excluding hydrogens is 194 g/mol. The molecule has 0 aliphatic heterocycles. The van der Waals surface area contributed by atoms with Crippen molar-refractivity contribution in [2.75, 3.05) is 20.2 Å². The molecule has 0 radical (unpaired) electrons. The summed E-state index contributed by atoms with van der Waals surface area (Å²) in [7, 11) is 3.74. The molecule has 0 aliphatic carbocycles. The van der Waals surface area contributed by atoms with E-state index in [1.54, 1.807) is 11.6 Å². The van der Waals surface area contributed by atoms with Crippen LogP contribution in [0.3, 0.4) is 0 Å². The molecule has 0 bridgehead atoms. The molecule has 5 nitrogen and oxygen atoms in total. The smallest absolute Gasteiger partial charge is 0.320 e. The summed E-state index contributed by atoms with van der Waals surface area (Å²) < 4.78 is 6.59. The first-order valence-corrected chi connectivity index (χ1v) is 4.94. The molecule has 0 N–H and O–H groups in total. The highest BCUT2D eigenvalue weighted by Gasteiger charge is 2.08. The Kier molecular flexibility index (Phi) is 4.30. The third-order valence-corrected chi connectivity index (χ3v) is 1.91. The fraction of sp³-hybridized carbons (Fsp3) is 0.600. The van der Waals surface area contributed by atoms with Gasteiger partial charge in [0.25, 0.3) is 0 Å². The fourth-order valence-electron chi connectivity index (χ4n) is 1.31. The zero-order chi connectivity index (χ0) is 11.3. The van der Waals surface area contributed by atoms with E-state index in [2.05, 4.69) is 5.10 Å². The van der Waals surface area contributed by atoms with Crippen LogP contribution in [-0.4, -0.2) is 40.8 Å². The molecule has 0 unspecified atom stereocenters. The van der Waals surface area contributed by atoms with E-state index in [0.29, 0.717) is 19.7 Å². The van der Waals surface area contributed by atoms with Crippen LogP contribution in [-0.2, 0) is 23.1 Å². The summed E-state index contributed by atoms with van der Waals surface area (Å²) in [5.41, 5.74) is 0.948. The Balaban J connectivity index is 2.35. The molecule has 0 amide bonds. The minimum Gasteiger partial charge on any atom is -0.465 e. The van der Waals surface area contributed by atoms with Crippen molar-refractivity contribution in [1.29, 1.82) is 0 Å². The summed E-state index contributed by atoms with van der Waals surface area (Å²) in [6, 6.07) is 1.93. The van der Waals surface area contributed by atoms with Crippen molar-refractivity contribution in [1.82, 2.24) is 14.7 Å². The van der Waals surface area contributed by atoms with Gasteiger partial charge in [-0.05, 0) is 20.0 Å². The monoisotopic (exact) mass is 211 g/mol. The second-order valence-electron chi connectivity index (χ2n) is 3.46. The van der Waals surface area contributed by atoms with E-state index in [0.717, 1.165) is 5.69 Å². The average Bonchev–Trinajstić information content (AvgIpc) is 2.51. The van der Waals surface area contributed by atoms with Gasteiger partial charge in [0.15, 0.2) is 0 Å². The maximum Gasteiger partial charge on any atom is 0.320 e. The molecule has 84 valence electrons. The summed E-state index contributed by atoms with van der Waals surface area (Å²) in [5.74, 6) is -0.198. The van der Waals surface area contributed by atoms with E-state index >= 15 is 0 Å². The number of nitrogens with zero attached hydrogens (tertiary/aromatic N) is 3. The molecule has 1 rings (SSSR count). The van der Waals surface area contributed by atoms with Crippen molar-refractivity contribution >= 4 is 5.97 Å². The Morgan fingerprint density at radius 1 is 1.67 bits per heavy atom. The van der Waals surface area contributed by atoms with Crippen LogP contribution in [0.1, 0.15) is 12.6 Å². The number of esters is 1. The Labute approximate surface area is 89.6 Å². The van der Waals surface area contributed by atoms with Gasteiger partial charge in [0.05, 0.1) is 18.8 Å². The Morgan fingerprint density at radius 2 is 2.40 bits per heavy atom. The molecule has 0 atom stereocenters. The van der Waals surface area contributed by atoms with Gasteiger partial charge in [0, 0.05) is 19.8 Å². The number of carbonyl (C=O) groups excluding carboxylic acids is 1. The SMILES string of the molecule is CCOC(=O)CN(C)Cc1ccn(C)n1. The zero-order valence-corrected chi connectivity index (χ0v) is 9.43. The predicted octanol–water partition coefficient (Wildman–Crippen LogP) is 0.415. The largest absolute Gasteiger partial charge is 0.465 e. The highest BCUT2D eigenvalue weighted by atomic mass is 16.5. The topological polar surface area (TPSA) is 47.4 Å². The summed E-state index contributed by atoms with van der Waals surface area (Å²) >= 11 is 0. The van der Waals surface area contributed by atoms with Gasteiger partial charge in [-0.3, -0.25) is 14.4 Å². The number of aromatic nitrogens is 2. The van der Waals surface area contributed by atoms with Crippen LogP contribution in [0.4, 0.5) is 0 Å². The van der Waals surface area contributed by atoms with E-state index in [1.165, 1.54) is 0 Å². The third kappa shape index (κ3) is 4.12. The number of carbonyl (C=O) groups is 1. The van der Waals surface area contributed by atoms with Crippen LogP contribution >= 0.6 is 0 Å². The van der Waals surface area contributed by atoms with Gasteiger partial charge < -0.3 is 4.74 Å². The minimum absolute atomic E-state index is 0.198. The zero-order valence-electron chi connectivity index (χ0n) is 9.43. The van der Waals surface area contributed by atoms with E-state index in [1.807, 2.05) is 31.3 Å². The van der Waals surface area contributed by atoms with E-state index in [4.69, 9.17) is 4.74 Å². The van der Waals surface area contributed by atoms with Gasteiger partial charge in [-0.1, -0.05) is 0 Å². The van der Waals surface area contributed by atoms with Crippen LogP contribution < -0.4 is 0 Å². The fourth-order valence-corrected chi connectivity index (χ4v) is 1.31. The molecule has 0 aromatic carbocycles. The van der Waals surface area contributed by atoms with Crippen molar-refractivity contribution in [2.45, 2.75) is 13.5 Å². The van der Waals surface area contributed by atoms with Gasteiger partial charge in [0.2, 0.25) is 0 Å². The molecule has 15 heavy (non-hydrogen) atoms. The minimum atomic E-state index is -0.198. The summed E-state index contributed by atoms with van der Waals surface area (Å²) in [4.78, 5) is 13.0. The second-order valence-corrected chi connectivity index (χ2v) is 3.46. The lowest BCUT2D eigenvalue weighted by atomic mass is 10.4. The van der Waals surface area contributed by atoms with Gasteiger partial charge in [-0.2, -0.15) is 5.10 Å². The van der Waals surface area contributed by atoms with Gasteiger partial charge >= 0.3 is 5.97 Å². The van der Waals surface area contributed by atoms with Crippen molar-refractivity contribution in [3.05, 3.63) is 18.0 Å². The van der Waals surface area contributed by atoms with Gasteiger partial charge in [0.1, 0.15) is 0 Å². The van der Waals surface area contributed by atoms with Crippen LogP contribution in [0, 0.1) is 0 Å². The number of hydrogen-bond donors (Lipinski definition) is 0. The van der Waals surface area contributed by atoms with Crippen LogP contribution in [0.5, 0.6) is 0 Å². The molecule has 1 aromatic heterocycles. The molecule has 0 spiro atoms. The Morgan fingerprint density at radius 3 is 2.93 bits per heavy atom. The van der Waals surface area contributed by atoms with Crippen molar-refractivity contribution in [2.24, 2.45) is 7.05 Å². The van der Waals surface area contributed by atoms with E-state index in [9.17, 15) is 4.79 Å². The summed E-state index contributed by atoms with van der Waals surface area (Å²) in [5, 5.41) is 4.23. The first kappa shape index (κ1) is 11.7. The second kappa shape index (κ2) is 5.50. The highest BCUT2D eigenvalue weighted by Crippen LogP contribution is 1.99. The van der Waals surface area contributed by atoms with Crippen LogP contribution in [0.25, 0.3) is 0 Å². The van der Waals surface area contributed by atoms with Gasteiger partial charge in [-0.25, -0.2) is 0 Å². The number of hydrogen-bond acceptors (Lipinski definition) is 4. The first-order valence-electron chi connectivity index (χ1n) is 4.94. The number of ether oxygens (including phenoxy) is 1. The average molecular weight is 211 g/mol. The molecule has 0 aliphatic rings. The molecule has 0 saturated carbocycles. The normalized spacial score (nSPS) is 10.7. The number of rotatable bonds is 5. The highest BCUT2D eigenvalue weighted by molar-refractivity contribution is 5.71. The van der Waals surface area contributed by atoms with Crippen molar-refractivity contribution in [3.8, 4) is 0 Å². The molecule has 1 aromatic rings. The van der Waals surface area contributed by atoms with Crippen molar-refractivity contribution in [3.63, 3.8) is 0 Å².